The lowest BCUT2D eigenvalue weighted by molar-refractivity contribution is -0.130. The van der Waals surface area contributed by atoms with Gasteiger partial charge in [-0.05, 0) is 39.0 Å². The van der Waals surface area contributed by atoms with Crippen molar-refractivity contribution >= 4 is 12.0 Å². The molecule has 1 spiro atoms. The molecule has 0 aromatic rings. The Morgan fingerprint density at radius 1 is 1.30 bits per heavy atom. The maximum absolute atomic E-state index is 12.1. The summed E-state index contributed by atoms with van der Waals surface area (Å²) in [6, 6.07) is 0. The van der Waals surface area contributed by atoms with E-state index < -0.39 is 5.60 Å². The molecule has 1 N–H and O–H groups in total. The fraction of sp³-hybridized carbons (Fsp3) is 0.882. The molecular formula is C17H30N2O4. The van der Waals surface area contributed by atoms with Crippen LogP contribution in [0.5, 0.6) is 0 Å². The smallest absolute Gasteiger partial charge is 0.407 e. The van der Waals surface area contributed by atoms with Crippen LogP contribution in [0.3, 0.4) is 0 Å². The lowest BCUT2D eigenvalue weighted by Gasteiger charge is -2.38. The maximum Gasteiger partial charge on any atom is 0.407 e. The summed E-state index contributed by atoms with van der Waals surface area (Å²) in [7, 11) is 0. The van der Waals surface area contributed by atoms with Crippen LogP contribution in [-0.2, 0) is 14.3 Å². The minimum atomic E-state index is -0.500. The highest BCUT2D eigenvalue weighted by atomic mass is 16.6. The molecule has 2 rings (SSSR count). The molecule has 2 fully saturated rings. The minimum Gasteiger partial charge on any atom is -0.444 e. The van der Waals surface area contributed by atoms with Crippen molar-refractivity contribution in [1.29, 1.82) is 0 Å². The summed E-state index contributed by atoms with van der Waals surface area (Å²) in [5, 5.41) is 2.89. The highest BCUT2D eigenvalue weighted by Crippen LogP contribution is 2.44. The quantitative estimate of drug-likeness (QED) is 0.863. The van der Waals surface area contributed by atoms with Crippen molar-refractivity contribution in [3.8, 4) is 0 Å². The van der Waals surface area contributed by atoms with E-state index in [0.29, 0.717) is 19.5 Å². The molecular weight excluding hydrogens is 296 g/mol. The third kappa shape index (κ3) is 4.59. The molecule has 6 nitrogen and oxygen atoms in total. The highest BCUT2D eigenvalue weighted by molar-refractivity contribution is 5.76. The average molecular weight is 326 g/mol. The predicted octanol–water partition coefficient (Wildman–Crippen LogP) is 2.18. The van der Waals surface area contributed by atoms with Gasteiger partial charge in [0.1, 0.15) is 5.60 Å². The molecule has 0 saturated carbocycles. The van der Waals surface area contributed by atoms with Gasteiger partial charge in [0.15, 0.2) is 0 Å². The number of carbonyl (C=O) groups excluding carboxylic acids is 2. The molecule has 0 aliphatic carbocycles. The predicted molar refractivity (Wildman–Crippen MR) is 87.1 cm³/mol. The molecule has 0 radical (unpaired) electrons. The van der Waals surface area contributed by atoms with Crippen LogP contribution >= 0.6 is 0 Å². The normalized spacial score (nSPS) is 23.8. The van der Waals surface area contributed by atoms with Gasteiger partial charge in [0.25, 0.3) is 0 Å². The molecule has 6 heteroatoms. The van der Waals surface area contributed by atoms with E-state index in [1.807, 2.05) is 32.6 Å². The summed E-state index contributed by atoms with van der Waals surface area (Å²) < 4.78 is 10.8. The Balaban J connectivity index is 1.99. The van der Waals surface area contributed by atoms with Crippen molar-refractivity contribution in [3.63, 3.8) is 0 Å². The summed E-state index contributed by atoms with van der Waals surface area (Å²) in [5.74, 6) is 0.449. The number of nitrogens with one attached hydrogen (secondary N) is 1. The molecule has 2 aliphatic heterocycles. The number of rotatable bonds is 3. The second-order valence-corrected chi connectivity index (χ2v) is 7.68. The molecule has 0 bridgehead atoms. The van der Waals surface area contributed by atoms with Crippen LogP contribution in [0.1, 0.15) is 47.0 Å². The summed E-state index contributed by atoms with van der Waals surface area (Å²) in [4.78, 5) is 26.0. The number of nitrogens with zero attached hydrogens (tertiary/aromatic N) is 1. The van der Waals surface area contributed by atoms with Gasteiger partial charge in [-0.3, -0.25) is 4.79 Å². The molecule has 0 unspecified atom stereocenters. The van der Waals surface area contributed by atoms with Crippen molar-refractivity contribution in [2.24, 2.45) is 11.3 Å². The molecule has 2 heterocycles. The van der Waals surface area contributed by atoms with Crippen molar-refractivity contribution in [1.82, 2.24) is 10.2 Å². The lowest BCUT2D eigenvalue weighted by atomic mass is 9.72. The number of hydrogen-bond acceptors (Lipinski definition) is 4. The Bertz CT molecular complexity index is 438. The number of ether oxygens (including phenoxy) is 2. The largest absolute Gasteiger partial charge is 0.444 e. The summed E-state index contributed by atoms with van der Waals surface area (Å²) in [6.07, 6.45) is 2.03. The second kappa shape index (κ2) is 7.07. The molecule has 132 valence electrons. The van der Waals surface area contributed by atoms with Gasteiger partial charge in [-0.25, -0.2) is 4.79 Å². The minimum absolute atomic E-state index is 0.0676. The SMILES string of the molecule is CCC(=O)N1C[C@H](CNC(=O)OC(C)(C)C)C2(CCOCC2)C1. The summed E-state index contributed by atoms with van der Waals surface area (Å²) in [5.41, 5.74) is -0.432. The average Bonchev–Trinajstić information content (AvgIpc) is 2.81. The number of alkyl carbamates (subject to hydrolysis) is 1. The van der Waals surface area contributed by atoms with Gasteiger partial charge in [0.05, 0.1) is 0 Å². The Kier molecular flexibility index (Phi) is 5.55. The standard InChI is InChI=1S/C17H30N2O4/c1-5-14(20)19-11-13(10-18-15(21)23-16(2,3)4)17(12-19)6-8-22-9-7-17/h13H,5-12H2,1-4H3,(H,18,21)/t13-/m0/s1. The third-order valence-corrected chi connectivity index (χ3v) is 4.85. The zero-order valence-corrected chi connectivity index (χ0v) is 14.8. The van der Waals surface area contributed by atoms with Gasteiger partial charge in [-0.2, -0.15) is 0 Å². The summed E-state index contributed by atoms with van der Waals surface area (Å²) >= 11 is 0. The molecule has 2 amide bonds. The van der Waals surface area contributed by atoms with Crippen molar-refractivity contribution < 1.29 is 19.1 Å². The number of hydrogen-bond donors (Lipinski definition) is 1. The molecule has 2 saturated heterocycles. The monoisotopic (exact) mass is 326 g/mol. The topological polar surface area (TPSA) is 67.9 Å². The van der Waals surface area contributed by atoms with E-state index >= 15 is 0 Å². The van der Waals surface area contributed by atoms with Crippen molar-refractivity contribution in [2.75, 3.05) is 32.8 Å². The first-order valence-corrected chi connectivity index (χ1v) is 8.58. The first kappa shape index (κ1) is 18.0. The summed E-state index contributed by atoms with van der Waals surface area (Å²) in [6.45, 7) is 10.9. The number of likely N-dealkylation sites (tertiary alicyclic amines) is 1. The van der Waals surface area contributed by atoms with Gasteiger partial charge in [-0.1, -0.05) is 6.92 Å². The van der Waals surface area contributed by atoms with Crippen molar-refractivity contribution in [3.05, 3.63) is 0 Å². The van der Waals surface area contributed by atoms with E-state index in [4.69, 9.17) is 9.47 Å². The van der Waals surface area contributed by atoms with Gasteiger partial charge in [-0.15, -0.1) is 0 Å². The molecule has 0 aromatic heterocycles. The van der Waals surface area contributed by atoms with Gasteiger partial charge < -0.3 is 19.7 Å². The first-order valence-electron chi connectivity index (χ1n) is 8.58. The Morgan fingerprint density at radius 2 is 1.96 bits per heavy atom. The van der Waals surface area contributed by atoms with E-state index in [9.17, 15) is 9.59 Å². The van der Waals surface area contributed by atoms with Gasteiger partial charge >= 0.3 is 6.09 Å². The van der Waals surface area contributed by atoms with Crippen LogP contribution in [0.4, 0.5) is 4.79 Å². The zero-order chi connectivity index (χ0) is 17.1. The van der Waals surface area contributed by atoms with E-state index in [1.54, 1.807) is 0 Å². The number of amides is 2. The molecule has 0 aromatic carbocycles. The molecule has 2 aliphatic rings. The fourth-order valence-corrected chi connectivity index (χ4v) is 3.59. The van der Waals surface area contributed by atoms with Gasteiger partial charge in [0.2, 0.25) is 5.91 Å². The van der Waals surface area contributed by atoms with Crippen LogP contribution in [0.25, 0.3) is 0 Å². The van der Waals surface area contributed by atoms with Crippen LogP contribution in [0, 0.1) is 11.3 Å². The Morgan fingerprint density at radius 3 is 2.52 bits per heavy atom. The zero-order valence-electron chi connectivity index (χ0n) is 14.8. The molecule has 1 atom stereocenters. The van der Waals surface area contributed by atoms with E-state index in [1.165, 1.54) is 0 Å². The van der Waals surface area contributed by atoms with Crippen LogP contribution in [-0.4, -0.2) is 55.3 Å². The Hall–Kier alpha value is -1.30. The number of carbonyl (C=O) groups is 2. The Labute approximate surface area is 138 Å². The third-order valence-electron chi connectivity index (χ3n) is 4.85. The van der Waals surface area contributed by atoms with Gasteiger partial charge in [0, 0.05) is 45.2 Å². The second-order valence-electron chi connectivity index (χ2n) is 7.68. The molecule has 23 heavy (non-hydrogen) atoms. The van der Waals surface area contributed by atoms with Crippen LogP contribution < -0.4 is 5.32 Å². The van der Waals surface area contributed by atoms with E-state index in [2.05, 4.69) is 5.32 Å². The maximum atomic E-state index is 12.1. The highest BCUT2D eigenvalue weighted by Gasteiger charge is 2.48. The van der Waals surface area contributed by atoms with Crippen LogP contribution in [0.2, 0.25) is 0 Å². The van der Waals surface area contributed by atoms with Crippen LogP contribution in [0.15, 0.2) is 0 Å². The van der Waals surface area contributed by atoms with E-state index in [0.717, 1.165) is 32.6 Å². The lowest BCUT2D eigenvalue weighted by Crippen LogP contribution is -2.43. The van der Waals surface area contributed by atoms with E-state index in [-0.39, 0.29) is 23.3 Å². The first-order chi connectivity index (χ1) is 10.8. The fourth-order valence-electron chi connectivity index (χ4n) is 3.59. The van der Waals surface area contributed by atoms with Crippen molar-refractivity contribution in [2.45, 2.75) is 52.6 Å².